The first-order chi connectivity index (χ1) is 15.8. The summed E-state index contributed by atoms with van der Waals surface area (Å²) in [5, 5.41) is 40.4. The van der Waals surface area contributed by atoms with E-state index >= 15 is 0 Å². The molecule has 0 aromatic rings. The largest absolute Gasteiger partial charge is 0.430 e. The van der Waals surface area contributed by atoms with E-state index in [1.807, 2.05) is 6.92 Å². The second-order valence-corrected chi connectivity index (χ2v) is 9.76. The molecule has 6 atom stereocenters. The van der Waals surface area contributed by atoms with Gasteiger partial charge in [-0.3, -0.25) is 4.79 Å². The second kappa shape index (κ2) is 16.8. The summed E-state index contributed by atoms with van der Waals surface area (Å²) in [7, 11) is 0. The summed E-state index contributed by atoms with van der Waals surface area (Å²) in [5.74, 6) is -2.72. The number of hydrogen-bond acceptors (Lipinski definition) is 7. The number of aliphatic hydroxyl groups is 4. The van der Waals surface area contributed by atoms with Crippen LogP contribution in [0.1, 0.15) is 117 Å². The predicted octanol–water partition coefficient (Wildman–Crippen LogP) is 4.23. The molecule has 2 unspecified atom stereocenters. The molecule has 0 spiro atoms. The van der Waals surface area contributed by atoms with Gasteiger partial charge in [0.15, 0.2) is 0 Å². The quantitative estimate of drug-likeness (QED) is 0.173. The standard InChI is InChI=1S/C26H50O7/c1-4-6-7-8-9-10-11-12-13-14-15-16-17-18-22(28)33-26(20(3)5-2)25(31)24(30)23(29)21(19-27)32-26/h20-21,23-25,27,29-31H,4-19H2,1-3H3/t20?,21-,23-,24+,25-,26?/m1/s1. The van der Waals surface area contributed by atoms with Gasteiger partial charge in [0.1, 0.15) is 24.4 Å². The summed E-state index contributed by atoms with van der Waals surface area (Å²) in [5.41, 5.74) is 0. The molecule has 0 aromatic heterocycles. The number of aliphatic hydroxyl groups excluding tert-OH is 4. The van der Waals surface area contributed by atoms with Crippen molar-refractivity contribution in [2.75, 3.05) is 6.61 Å². The van der Waals surface area contributed by atoms with E-state index in [1.54, 1.807) is 6.92 Å². The number of esters is 1. The summed E-state index contributed by atoms with van der Waals surface area (Å²) in [6.07, 6.45) is 10.7. The van der Waals surface area contributed by atoms with Crippen molar-refractivity contribution in [1.82, 2.24) is 0 Å². The van der Waals surface area contributed by atoms with Gasteiger partial charge in [-0.2, -0.15) is 0 Å². The number of hydrogen-bond donors (Lipinski definition) is 4. The smallest absolute Gasteiger partial charge is 0.308 e. The molecular formula is C26H50O7. The van der Waals surface area contributed by atoms with Crippen LogP contribution in [0.3, 0.4) is 0 Å². The minimum Gasteiger partial charge on any atom is -0.430 e. The Labute approximate surface area is 200 Å². The normalized spacial score (nSPS) is 28.6. The highest BCUT2D eigenvalue weighted by Gasteiger charge is 2.58. The molecule has 1 saturated heterocycles. The lowest BCUT2D eigenvalue weighted by molar-refractivity contribution is -0.368. The highest BCUT2D eigenvalue weighted by Crippen LogP contribution is 2.39. The molecule has 0 aromatic carbocycles. The molecular weight excluding hydrogens is 424 g/mol. The summed E-state index contributed by atoms with van der Waals surface area (Å²) < 4.78 is 11.3. The summed E-state index contributed by atoms with van der Waals surface area (Å²) in [6, 6.07) is 0. The minimum atomic E-state index is -1.78. The Bertz CT molecular complexity index is 513. The van der Waals surface area contributed by atoms with Crippen molar-refractivity contribution in [2.24, 2.45) is 5.92 Å². The first-order valence-electron chi connectivity index (χ1n) is 13.4. The second-order valence-electron chi connectivity index (χ2n) is 9.76. The van der Waals surface area contributed by atoms with Crippen LogP contribution >= 0.6 is 0 Å². The van der Waals surface area contributed by atoms with E-state index in [1.165, 1.54) is 64.2 Å². The fourth-order valence-electron chi connectivity index (χ4n) is 4.56. The van der Waals surface area contributed by atoms with Crippen LogP contribution in [-0.2, 0) is 14.3 Å². The van der Waals surface area contributed by atoms with Crippen molar-refractivity contribution in [3.05, 3.63) is 0 Å². The molecule has 0 radical (unpaired) electrons. The lowest BCUT2D eigenvalue weighted by atomic mass is 9.84. The number of rotatable bonds is 18. The Hall–Kier alpha value is -0.730. The molecule has 1 aliphatic heterocycles. The topological polar surface area (TPSA) is 116 Å². The Balaban J connectivity index is 2.31. The molecule has 0 bridgehead atoms. The van der Waals surface area contributed by atoms with Gasteiger partial charge in [0.25, 0.3) is 0 Å². The Morgan fingerprint density at radius 3 is 1.79 bits per heavy atom. The highest BCUT2D eigenvalue weighted by atomic mass is 16.7. The van der Waals surface area contributed by atoms with Gasteiger partial charge in [-0.15, -0.1) is 0 Å². The van der Waals surface area contributed by atoms with E-state index in [2.05, 4.69) is 6.92 Å². The van der Waals surface area contributed by atoms with Crippen LogP contribution in [0.25, 0.3) is 0 Å². The number of carbonyl (C=O) groups excluding carboxylic acids is 1. The molecule has 1 aliphatic rings. The van der Waals surface area contributed by atoms with Gasteiger partial charge in [-0.05, 0) is 12.8 Å². The van der Waals surface area contributed by atoms with Crippen molar-refractivity contribution < 1.29 is 34.7 Å². The predicted molar refractivity (Wildman–Crippen MR) is 129 cm³/mol. The molecule has 1 heterocycles. The third kappa shape index (κ3) is 9.81. The summed E-state index contributed by atoms with van der Waals surface area (Å²) in [4.78, 5) is 12.5. The molecule has 0 amide bonds. The van der Waals surface area contributed by atoms with Crippen LogP contribution < -0.4 is 0 Å². The monoisotopic (exact) mass is 474 g/mol. The van der Waals surface area contributed by atoms with Crippen molar-refractivity contribution >= 4 is 5.97 Å². The van der Waals surface area contributed by atoms with Gasteiger partial charge in [0.2, 0.25) is 5.79 Å². The third-order valence-corrected chi connectivity index (χ3v) is 7.04. The number of ether oxygens (including phenoxy) is 2. The molecule has 1 fully saturated rings. The van der Waals surface area contributed by atoms with E-state index < -0.39 is 48.7 Å². The maximum atomic E-state index is 12.5. The van der Waals surface area contributed by atoms with Gasteiger partial charge >= 0.3 is 5.97 Å². The van der Waals surface area contributed by atoms with Gasteiger partial charge in [-0.25, -0.2) is 0 Å². The van der Waals surface area contributed by atoms with Gasteiger partial charge in [0.05, 0.1) is 6.61 Å². The van der Waals surface area contributed by atoms with Gasteiger partial charge < -0.3 is 29.9 Å². The van der Waals surface area contributed by atoms with E-state index in [-0.39, 0.29) is 6.42 Å². The molecule has 0 aliphatic carbocycles. The minimum absolute atomic E-state index is 0.203. The Morgan fingerprint density at radius 2 is 1.33 bits per heavy atom. The van der Waals surface area contributed by atoms with E-state index in [0.717, 1.165) is 12.8 Å². The van der Waals surface area contributed by atoms with Crippen LogP contribution in [0.2, 0.25) is 0 Å². The lowest BCUT2D eigenvalue weighted by Gasteiger charge is -2.50. The molecule has 196 valence electrons. The zero-order valence-corrected chi connectivity index (χ0v) is 21.2. The van der Waals surface area contributed by atoms with Crippen molar-refractivity contribution in [3.63, 3.8) is 0 Å². The maximum Gasteiger partial charge on any atom is 0.308 e. The van der Waals surface area contributed by atoms with Crippen molar-refractivity contribution in [2.45, 2.75) is 147 Å². The van der Waals surface area contributed by atoms with Crippen LogP contribution in [0.4, 0.5) is 0 Å². The summed E-state index contributed by atoms with van der Waals surface area (Å²) >= 11 is 0. The van der Waals surface area contributed by atoms with E-state index in [0.29, 0.717) is 12.8 Å². The van der Waals surface area contributed by atoms with Gasteiger partial charge in [-0.1, -0.05) is 97.8 Å². The lowest BCUT2D eigenvalue weighted by Crippen LogP contribution is -2.68. The average Bonchev–Trinajstić information content (AvgIpc) is 2.81. The highest BCUT2D eigenvalue weighted by molar-refractivity contribution is 5.69. The molecule has 1 rings (SSSR count). The zero-order chi connectivity index (χ0) is 24.7. The molecule has 7 heteroatoms. The van der Waals surface area contributed by atoms with Crippen LogP contribution in [-0.4, -0.2) is 63.2 Å². The third-order valence-electron chi connectivity index (χ3n) is 7.04. The number of unbranched alkanes of at least 4 members (excludes halogenated alkanes) is 12. The number of carbonyl (C=O) groups is 1. The molecule has 33 heavy (non-hydrogen) atoms. The SMILES string of the molecule is CCCCCCCCCCCCCCCC(=O)OC1(C(C)CC)O[C@H](CO)[C@@H](O)[C@H](O)[C@H]1O. The Morgan fingerprint density at radius 1 is 0.848 bits per heavy atom. The first-order valence-corrected chi connectivity index (χ1v) is 13.4. The zero-order valence-electron chi connectivity index (χ0n) is 21.2. The fraction of sp³-hybridized carbons (Fsp3) is 0.962. The van der Waals surface area contributed by atoms with Crippen molar-refractivity contribution in [1.29, 1.82) is 0 Å². The fourth-order valence-corrected chi connectivity index (χ4v) is 4.56. The molecule has 7 nitrogen and oxygen atoms in total. The van der Waals surface area contributed by atoms with Crippen LogP contribution in [0.5, 0.6) is 0 Å². The molecule has 0 saturated carbocycles. The van der Waals surface area contributed by atoms with Crippen molar-refractivity contribution in [3.8, 4) is 0 Å². The van der Waals surface area contributed by atoms with Crippen LogP contribution in [0, 0.1) is 5.92 Å². The van der Waals surface area contributed by atoms with Gasteiger partial charge in [0, 0.05) is 12.3 Å². The first kappa shape index (κ1) is 30.3. The Kier molecular flexibility index (Phi) is 15.4. The van der Waals surface area contributed by atoms with E-state index in [9.17, 15) is 25.2 Å². The van der Waals surface area contributed by atoms with E-state index in [4.69, 9.17) is 9.47 Å². The average molecular weight is 475 g/mol. The molecule has 4 N–H and O–H groups in total. The maximum absolute atomic E-state index is 12.5. The van der Waals surface area contributed by atoms with Crippen LogP contribution in [0.15, 0.2) is 0 Å². The summed E-state index contributed by atoms with van der Waals surface area (Å²) in [6.45, 7) is 5.29.